The maximum atomic E-state index is 14.0. The summed E-state index contributed by atoms with van der Waals surface area (Å²) in [5, 5.41) is 12.2. The van der Waals surface area contributed by atoms with Crippen molar-refractivity contribution in [3.8, 4) is 17.0 Å². The SMILES string of the molecule is COc1ccccc1-c1cc(C(F)F)n2ncc(C(=O)Nc3cc(C)n(Cc4ccc(Cl)cc4Cl)n3)c2n1. The van der Waals surface area contributed by atoms with Crippen molar-refractivity contribution < 1.29 is 18.3 Å². The quantitative estimate of drug-likeness (QED) is 0.249. The normalized spacial score (nSPS) is 11.3. The first-order chi connectivity index (χ1) is 18.2. The molecule has 38 heavy (non-hydrogen) atoms. The number of aryl methyl sites for hydroxylation is 1. The minimum atomic E-state index is -2.86. The highest BCUT2D eigenvalue weighted by Gasteiger charge is 2.23. The van der Waals surface area contributed by atoms with Crippen LogP contribution in [-0.2, 0) is 6.54 Å². The van der Waals surface area contributed by atoms with Crippen molar-refractivity contribution in [2.75, 3.05) is 12.4 Å². The largest absolute Gasteiger partial charge is 0.496 e. The van der Waals surface area contributed by atoms with Gasteiger partial charge in [-0.2, -0.15) is 10.2 Å². The Bertz CT molecular complexity index is 1670. The highest BCUT2D eigenvalue weighted by Crippen LogP contribution is 2.32. The summed E-state index contributed by atoms with van der Waals surface area (Å²) in [4.78, 5) is 17.7. The number of carbonyl (C=O) groups is 1. The molecule has 0 atom stereocenters. The van der Waals surface area contributed by atoms with Crippen molar-refractivity contribution in [1.29, 1.82) is 0 Å². The van der Waals surface area contributed by atoms with E-state index < -0.39 is 18.0 Å². The van der Waals surface area contributed by atoms with E-state index in [-0.39, 0.29) is 22.7 Å². The maximum Gasteiger partial charge on any atom is 0.280 e. The number of nitrogens with zero attached hydrogens (tertiary/aromatic N) is 5. The van der Waals surface area contributed by atoms with Crippen molar-refractivity contribution in [2.24, 2.45) is 0 Å². The Morgan fingerprint density at radius 1 is 1.13 bits per heavy atom. The van der Waals surface area contributed by atoms with Crippen LogP contribution in [0.15, 0.2) is 60.8 Å². The van der Waals surface area contributed by atoms with Crippen LogP contribution in [0.2, 0.25) is 10.0 Å². The molecule has 0 radical (unpaired) electrons. The van der Waals surface area contributed by atoms with Crippen molar-refractivity contribution in [1.82, 2.24) is 24.4 Å². The van der Waals surface area contributed by atoms with E-state index in [0.29, 0.717) is 27.9 Å². The Hall–Kier alpha value is -4.02. The molecule has 1 N–H and O–H groups in total. The third-order valence-electron chi connectivity index (χ3n) is 5.91. The number of ether oxygens (including phenoxy) is 1. The molecule has 5 aromatic rings. The number of hydrogen-bond donors (Lipinski definition) is 1. The minimum absolute atomic E-state index is 0.0107. The molecule has 0 bridgehead atoms. The number of halogens is 4. The van der Waals surface area contributed by atoms with Crippen LogP contribution in [0.5, 0.6) is 5.75 Å². The fraction of sp³-hybridized carbons (Fsp3) is 0.154. The molecule has 0 fully saturated rings. The minimum Gasteiger partial charge on any atom is -0.496 e. The molecule has 12 heteroatoms. The van der Waals surface area contributed by atoms with Crippen LogP contribution >= 0.6 is 23.2 Å². The predicted octanol–water partition coefficient (Wildman–Crippen LogP) is 6.45. The van der Waals surface area contributed by atoms with Gasteiger partial charge in [0.2, 0.25) is 0 Å². The molecule has 0 spiro atoms. The highest BCUT2D eigenvalue weighted by molar-refractivity contribution is 6.35. The van der Waals surface area contributed by atoms with Gasteiger partial charge in [0.15, 0.2) is 11.5 Å². The van der Waals surface area contributed by atoms with Crippen molar-refractivity contribution >= 4 is 40.6 Å². The molecule has 5 rings (SSSR count). The van der Waals surface area contributed by atoms with Gasteiger partial charge in [0.25, 0.3) is 12.3 Å². The van der Waals surface area contributed by atoms with Gasteiger partial charge in [-0.05, 0) is 42.8 Å². The van der Waals surface area contributed by atoms with E-state index in [9.17, 15) is 13.6 Å². The Labute approximate surface area is 225 Å². The number of nitrogens with one attached hydrogen (secondary N) is 1. The molecular formula is C26H20Cl2F2N6O2. The van der Waals surface area contributed by atoms with E-state index in [0.717, 1.165) is 15.8 Å². The average molecular weight is 557 g/mol. The van der Waals surface area contributed by atoms with Gasteiger partial charge in [-0.15, -0.1) is 0 Å². The van der Waals surface area contributed by atoms with Gasteiger partial charge in [0.1, 0.15) is 17.0 Å². The number of carbonyl (C=O) groups excluding carboxylic acids is 1. The zero-order chi connectivity index (χ0) is 27.0. The summed E-state index contributed by atoms with van der Waals surface area (Å²) in [6.45, 7) is 2.19. The smallest absolute Gasteiger partial charge is 0.280 e. The monoisotopic (exact) mass is 556 g/mol. The van der Waals surface area contributed by atoms with Gasteiger partial charge in [-0.3, -0.25) is 9.48 Å². The van der Waals surface area contributed by atoms with Crippen LogP contribution in [0, 0.1) is 6.92 Å². The van der Waals surface area contributed by atoms with Gasteiger partial charge in [-0.25, -0.2) is 18.3 Å². The van der Waals surface area contributed by atoms with E-state index in [1.54, 1.807) is 53.2 Å². The summed E-state index contributed by atoms with van der Waals surface area (Å²) in [5.41, 5.74) is 1.87. The van der Waals surface area contributed by atoms with Gasteiger partial charge in [-0.1, -0.05) is 41.4 Å². The molecule has 0 aliphatic carbocycles. The Balaban J connectivity index is 1.48. The Morgan fingerprint density at radius 2 is 1.92 bits per heavy atom. The van der Waals surface area contributed by atoms with Crippen molar-refractivity contribution in [3.05, 3.63) is 93.4 Å². The third-order valence-corrected chi connectivity index (χ3v) is 6.50. The van der Waals surface area contributed by atoms with Gasteiger partial charge in [0.05, 0.1) is 25.5 Å². The van der Waals surface area contributed by atoms with Crippen LogP contribution in [-0.4, -0.2) is 37.4 Å². The van der Waals surface area contributed by atoms with Gasteiger partial charge in [0, 0.05) is 27.4 Å². The zero-order valence-corrected chi connectivity index (χ0v) is 21.6. The van der Waals surface area contributed by atoms with E-state index in [4.69, 9.17) is 27.9 Å². The standard InChI is InChI=1S/C26H20Cl2F2N6O2/c1-14-9-23(34-35(14)13-15-7-8-16(27)10-19(15)28)33-26(37)18-12-31-36-21(24(29)30)11-20(32-25(18)36)17-5-3-4-6-22(17)38-2/h3-12,24H,13H2,1-2H3,(H,33,34,37). The van der Waals surface area contributed by atoms with Crippen LogP contribution in [0.1, 0.15) is 33.7 Å². The molecule has 0 saturated heterocycles. The number of hydrogen-bond acceptors (Lipinski definition) is 5. The van der Waals surface area contributed by atoms with Crippen LogP contribution in [0.4, 0.5) is 14.6 Å². The first-order valence-corrected chi connectivity index (χ1v) is 12.1. The first-order valence-electron chi connectivity index (χ1n) is 11.3. The summed E-state index contributed by atoms with van der Waals surface area (Å²) < 4.78 is 35.9. The molecule has 8 nitrogen and oxygen atoms in total. The summed E-state index contributed by atoms with van der Waals surface area (Å²) in [5.74, 6) is 0.128. The molecule has 194 valence electrons. The number of benzene rings is 2. The number of fused-ring (bicyclic) bond motifs is 1. The lowest BCUT2D eigenvalue weighted by molar-refractivity contribution is 0.102. The molecule has 3 aromatic heterocycles. The lowest BCUT2D eigenvalue weighted by atomic mass is 10.1. The summed E-state index contributed by atoms with van der Waals surface area (Å²) >= 11 is 12.3. The maximum absolute atomic E-state index is 14.0. The number of anilines is 1. The number of para-hydroxylation sites is 1. The molecule has 1 amide bonds. The summed E-state index contributed by atoms with van der Waals surface area (Å²) in [7, 11) is 1.48. The Kier molecular flexibility index (Phi) is 7.00. The third kappa shape index (κ3) is 4.92. The van der Waals surface area contributed by atoms with Crippen LogP contribution in [0.3, 0.4) is 0 Å². The molecule has 0 aliphatic rings. The zero-order valence-electron chi connectivity index (χ0n) is 20.1. The molecule has 3 heterocycles. The van der Waals surface area contributed by atoms with Crippen molar-refractivity contribution in [3.63, 3.8) is 0 Å². The number of aromatic nitrogens is 5. The molecule has 0 aliphatic heterocycles. The number of rotatable bonds is 7. The first kappa shape index (κ1) is 25.6. The predicted molar refractivity (Wildman–Crippen MR) is 140 cm³/mol. The van der Waals surface area contributed by atoms with E-state index >= 15 is 0 Å². The number of amides is 1. The highest BCUT2D eigenvalue weighted by atomic mass is 35.5. The second-order valence-corrected chi connectivity index (χ2v) is 9.22. The van der Waals surface area contributed by atoms with E-state index in [1.807, 2.05) is 6.92 Å². The van der Waals surface area contributed by atoms with Crippen molar-refractivity contribution in [2.45, 2.75) is 19.9 Å². The van der Waals surface area contributed by atoms with E-state index in [2.05, 4.69) is 20.5 Å². The summed E-state index contributed by atoms with van der Waals surface area (Å²) in [6, 6.07) is 15.0. The molecular weight excluding hydrogens is 537 g/mol. The fourth-order valence-electron chi connectivity index (χ4n) is 4.02. The topological polar surface area (TPSA) is 86.3 Å². The average Bonchev–Trinajstić information content (AvgIpc) is 3.47. The second-order valence-electron chi connectivity index (χ2n) is 8.38. The Morgan fingerprint density at radius 3 is 2.66 bits per heavy atom. The van der Waals surface area contributed by atoms with Crippen LogP contribution in [0.25, 0.3) is 16.9 Å². The molecule has 0 saturated carbocycles. The lowest BCUT2D eigenvalue weighted by Crippen LogP contribution is -2.14. The lowest BCUT2D eigenvalue weighted by Gasteiger charge is -2.11. The molecule has 2 aromatic carbocycles. The van der Waals surface area contributed by atoms with Gasteiger partial charge >= 0.3 is 0 Å². The van der Waals surface area contributed by atoms with Crippen LogP contribution < -0.4 is 10.1 Å². The second kappa shape index (κ2) is 10.4. The van der Waals surface area contributed by atoms with Gasteiger partial charge < -0.3 is 10.1 Å². The molecule has 0 unspecified atom stereocenters. The fourth-order valence-corrected chi connectivity index (χ4v) is 4.49. The number of methoxy groups -OCH3 is 1. The van der Waals surface area contributed by atoms with E-state index in [1.165, 1.54) is 19.4 Å². The number of alkyl halides is 2. The summed E-state index contributed by atoms with van der Waals surface area (Å²) in [6.07, 6.45) is -1.66.